The van der Waals surface area contributed by atoms with Crippen molar-refractivity contribution < 1.29 is 9.59 Å². The van der Waals surface area contributed by atoms with Crippen molar-refractivity contribution in [1.29, 1.82) is 0 Å². The highest BCUT2D eigenvalue weighted by Crippen LogP contribution is 2.28. The lowest BCUT2D eigenvalue weighted by Gasteiger charge is -2.22. The normalized spacial score (nSPS) is 20.8. The van der Waals surface area contributed by atoms with Crippen LogP contribution in [0.4, 0.5) is 5.69 Å². The molecule has 1 aliphatic heterocycles. The third kappa shape index (κ3) is 3.84. The molecule has 2 aliphatic rings. The maximum atomic E-state index is 12.6. The SMILES string of the molecule is O=C(NCc1nnnn1C1CCCCC1)C1CC(=O)N(c2ccccc2)C1. The van der Waals surface area contributed by atoms with Crippen LogP contribution in [0.3, 0.4) is 0 Å². The lowest BCUT2D eigenvalue weighted by molar-refractivity contribution is -0.126. The number of carbonyl (C=O) groups is 2. The van der Waals surface area contributed by atoms with Crippen molar-refractivity contribution in [3.63, 3.8) is 0 Å². The van der Waals surface area contributed by atoms with Crippen LogP contribution in [0.5, 0.6) is 0 Å². The first-order valence-electron chi connectivity index (χ1n) is 9.62. The van der Waals surface area contributed by atoms with Crippen molar-refractivity contribution >= 4 is 17.5 Å². The van der Waals surface area contributed by atoms with Gasteiger partial charge in [-0.3, -0.25) is 9.59 Å². The van der Waals surface area contributed by atoms with E-state index in [0.717, 1.165) is 18.5 Å². The largest absolute Gasteiger partial charge is 0.348 e. The van der Waals surface area contributed by atoms with Crippen molar-refractivity contribution in [3.8, 4) is 0 Å². The third-order valence-electron chi connectivity index (χ3n) is 5.47. The number of benzene rings is 1. The zero-order chi connectivity index (χ0) is 18.6. The van der Waals surface area contributed by atoms with E-state index < -0.39 is 0 Å². The molecule has 0 bridgehead atoms. The molecule has 2 amide bonds. The lowest BCUT2D eigenvalue weighted by atomic mass is 9.95. The molecule has 27 heavy (non-hydrogen) atoms. The Morgan fingerprint density at radius 2 is 1.93 bits per heavy atom. The number of hydrogen-bond acceptors (Lipinski definition) is 5. The molecule has 2 heterocycles. The highest BCUT2D eigenvalue weighted by atomic mass is 16.2. The average molecular weight is 368 g/mol. The molecule has 1 atom stereocenters. The Morgan fingerprint density at radius 1 is 1.15 bits per heavy atom. The topological polar surface area (TPSA) is 93.0 Å². The maximum Gasteiger partial charge on any atom is 0.227 e. The molecule has 1 aromatic heterocycles. The van der Waals surface area contributed by atoms with E-state index in [2.05, 4.69) is 20.8 Å². The van der Waals surface area contributed by atoms with Crippen LogP contribution in [0.15, 0.2) is 30.3 Å². The summed E-state index contributed by atoms with van der Waals surface area (Å²) in [5.41, 5.74) is 0.832. The summed E-state index contributed by atoms with van der Waals surface area (Å²) < 4.78 is 1.86. The molecule has 1 aromatic carbocycles. The van der Waals surface area contributed by atoms with Crippen molar-refractivity contribution in [3.05, 3.63) is 36.2 Å². The van der Waals surface area contributed by atoms with Gasteiger partial charge in [0.2, 0.25) is 11.8 Å². The molecule has 2 aromatic rings. The predicted molar refractivity (Wildman–Crippen MR) is 98.7 cm³/mol. The third-order valence-corrected chi connectivity index (χ3v) is 5.47. The van der Waals surface area contributed by atoms with E-state index in [1.54, 1.807) is 4.90 Å². The fourth-order valence-electron chi connectivity index (χ4n) is 3.99. The monoisotopic (exact) mass is 368 g/mol. The van der Waals surface area contributed by atoms with E-state index in [0.29, 0.717) is 25.0 Å². The van der Waals surface area contributed by atoms with Crippen LogP contribution in [-0.4, -0.2) is 38.6 Å². The second-order valence-corrected chi connectivity index (χ2v) is 7.29. The molecule has 1 saturated heterocycles. The minimum Gasteiger partial charge on any atom is -0.348 e. The average Bonchev–Trinajstić information content (AvgIpc) is 3.34. The van der Waals surface area contributed by atoms with Crippen LogP contribution in [-0.2, 0) is 16.1 Å². The van der Waals surface area contributed by atoms with Gasteiger partial charge in [-0.15, -0.1) is 5.10 Å². The molecule has 1 N–H and O–H groups in total. The van der Waals surface area contributed by atoms with Gasteiger partial charge in [0.25, 0.3) is 0 Å². The second-order valence-electron chi connectivity index (χ2n) is 7.29. The Bertz CT molecular complexity index is 800. The quantitative estimate of drug-likeness (QED) is 0.869. The Labute approximate surface area is 157 Å². The molecular weight excluding hydrogens is 344 g/mol. The van der Waals surface area contributed by atoms with Gasteiger partial charge >= 0.3 is 0 Å². The summed E-state index contributed by atoms with van der Waals surface area (Å²) in [4.78, 5) is 26.6. The number of nitrogens with zero attached hydrogens (tertiary/aromatic N) is 5. The summed E-state index contributed by atoms with van der Waals surface area (Å²) in [5, 5.41) is 14.9. The first kappa shape index (κ1) is 17.6. The number of para-hydroxylation sites is 1. The van der Waals surface area contributed by atoms with Gasteiger partial charge in [0, 0.05) is 18.7 Å². The first-order chi connectivity index (χ1) is 13.2. The van der Waals surface area contributed by atoms with E-state index in [1.165, 1.54) is 19.3 Å². The second kappa shape index (κ2) is 7.85. The first-order valence-corrected chi connectivity index (χ1v) is 9.62. The van der Waals surface area contributed by atoms with Crippen LogP contribution in [0.25, 0.3) is 0 Å². The maximum absolute atomic E-state index is 12.6. The molecule has 8 heteroatoms. The summed E-state index contributed by atoms with van der Waals surface area (Å²) in [6.07, 6.45) is 6.03. The van der Waals surface area contributed by atoms with Gasteiger partial charge in [0.05, 0.1) is 18.5 Å². The fraction of sp³-hybridized carbons (Fsp3) is 0.526. The highest BCUT2D eigenvalue weighted by Gasteiger charge is 2.35. The number of nitrogens with one attached hydrogen (secondary N) is 1. The molecule has 1 saturated carbocycles. The molecule has 0 spiro atoms. The summed E-state index contributed by atoms with van der Waals surface area (Å²) in [6, 6.07) is 9.78. The van der Waals surface area contributed by atoms with E-state index in [-0.39, 0.29) is 24.2 Å². The van der Waals surface area contributed by atoms with Gasteiger partial charge in [0.1, 0.15) is 0 Å². The molecule has 8 nitrogen and oxygen atoms in total. The van der Waals surface area contributed by atoms with Crippen LogP contribution >= 0.6 is 0 Å². The Kier molecular flexibility index (Phi) is 5.13. The fourth-order valence-corrected chi connectivity index (χ4v) is 3.99. The summed E-state index contributed by atoms with van der Waals surface area (Å²) in [5.74, 6) is 0.185. The van der Waals surface area contributed by atoms with Gasteiger partial charge in [0.15, 0.2) is 5.82 Å². The molecule has 0 radical (unpaired) electrons. The van der Waals surface area contributed by atoms with E-state index in [1.807, 2.05) is 35.0 Å². The summed E-state index contributed by atoms with van der Waals surface area (Å²) in [7, 11) is 0. The minimum absolute atomic E-state index is 0.0200. The lowest BCUT2D eigenvalue weighted by Crippen LogP contribution is -2.33. The van der Waals surface area contributed by atoms with Crippen LogP contribution in [0.1, 0.15) is 50.4 Å². The number of amides is 2. The van der Waals surface area contributed by atoms with Crippen LogP contribution in [0.2, 0.25) is 0 Å². The predicted octanol–water partition coefficient (Wildman–Crippen LogP) is 1.85. The Hall–Kier alpha value is -2.77. The zero-order valence-electron chi connectivity index (χ0n) is 15.3. The van der Waals surface area contributed by atoms with Crippen LogP contribution in [0, 0.1) is 5.92 Å². The van der Waals surface area contributed by atoms with Crippen molar-refractivity contribution in [1.82, 2.24) is 25.5 Å². The standard InChI is InChI=1S/C19H24N6O2/c26-18-11-14(13-24(18)15-7-3-1-4-8-15)19(27)20-12-17-21-22-23-25(17)16-9-5-2-6-10-16/h1,3-4,7-8,14,16H,2,5-6,9-13H2,(H,20,27). The summed E-state index contributed by atoms with van der Waals surface area (Å²) >= 11 is 0. The van der Waals surface area contributed by atoms with E-state index in [9.17, 15) is 9.59 Å². The van der Waals surface area contributed by atoms with Crippen molar-refractivity contribution in [2.75, 3.05) is 11.4 Å². The van der Waals surface area contributed by atoms with Crippen molar-refractivity contribution in [2.24, 2.45) is 5.92 Å². The van der Waals surface area contributed by atoms with Gasteiger partial charge in [-0.05, 0) is 35.4 Å². The molecule has 1 unspecified atom stereocenters. The number of carbonyl (C=O) groups excluding carboxylic acids is 2. The summed E-state index contributed by atoms with van der Waals surface area (Å²) in [6.45, 7) is 0.695. The molecular formula is C19H24N6O2. The van der Waals surface area contributed by atoms with E-state index in [4.69, 9.17) is 0 Å². The van der Waals surface area contributed by atoms with Gasteiger partial charge < -0.3 is 10.2 Å². The van der Waals surface area contributed by atoms with Crippen LogP contribution < -0.4 is 10.2 Å². The van der Waals surface area contributed by atoms with Gasteiger partial charge in [-0.25, -0.2) is 4.68 Å². The number of tetrazole rings is 1. The number of hydrogen-bond donors (Lipinski definition) is 1. The van der Waals surface area contributed by atoms with Gasteiger partial charge in [-0.2, -0.15) is 0 Å². The van der Waals surface area contributed by atoms with E-state index >= 15 is 0 Å². The number of anilines is 1. The molecule has 2 fully saturated rings. The van der Waals surface area contributed by atoms with Crippen molar-refractivity contribution in [2.45, 2.75) is 51.1 Å². The van der Waals surface area contributed by atoms with Gasteiger partial charge in [-0.1, -0.05) is 37.5 Å². The highest BCUT2D eigenvalue weighted by molar-refractivity contribution is 6.00. The molecule has 4 rings (SSSR count). The molecule has 1 aliphatic carbocycles. The minimum atomic E-state index is -0.350. The smallest absolute Gasteiger partial charge is 0.227 e. The number of aromatic nitrogens is 4. The zero-order valence-corrected chi connectivity index (χ0v) is 15.3. The molecule has 142 valence electrons. The Balaban J connectivity index is 1.35. The number of rotatable bonds is 5. The Morgan fingerprint density at radius 3 is 2.70 bits per heavy atom.